The summed E-state index contributed by atoms with van der Waals surface area (Å²) in [7, 11) is 2.04. The SMILES string of the molecule is Cc1nn(C)c(C)c1CC1CCCC1. The van der Waals surface area contributed by atoms with Gasteiger partial charge in [-0.2, -0.15) is 5.10 Å². The molecular formula is C12H20N2. The highest BCUT2D eigenvalue weighted by atomic mass is 15.3. The molecular weight excluding hydrogens is 172 g/mol. The second kappa shape index (κ2) is 3.76. The number of hydrogen-bond donors (Lipinski definition) is 0. The number of rotatable bonds is 2. The molecule has 0 saturated heterocycles. The van der Waals surface area contributed by atoms with E-state index in [4.69, 9.17) is 0 Å². The second-order valence-electron chi connectivity index (χ2n) is 4.63. The minimum atomic E-state index is 0.927. The summed E-state index contributed by atoms with van der Waals surface area (Å²) in [6, 6.07) is 0. The molecule has 0 aliphatic heterocycles. The van der Waals surface area contributed by atoms with Crippen LogP contribution in [0.3, 0.4) is 0 Å². The first-order chi connectivity index (χ1) is 6.68. The van der Waals surface area contributed by atoms with E-state index in [0.29, 0.717) is 0 Å². The van der Waals surface area contributed by atoms with E-state index < -0.39 is 0 Å². The van der Waals surface area contributed by atoms with Gasteiger partial charge in [-0.05, 0) is 31.7 Å². The van der Waals surface area contributed by atoms with Crippen LogP contribution in [0.2, 0.25) is 0 Å². The Bertz CT molecular complexity index is 319. The van der Waals surface area contributed by atoms with Gasteiger partial charge >= 0.3 is 0 Å². The molecule has 1 fully saturated rings. The van der Waals surface area contributed by atoms with Gasteiger partial charge in [0.15, 0.2) is 0 Å². The van der Waals surface area contributed by atoms with Crippen molar-refractivity contribution < 1.29 is 0 Å². The lowest BCUT2D eigenvalue weighted by Gasteiger charge is -2.08. The highest BCUT2D eigenvalue weighted by Crippen LogP contribution is 2.29. The molecule has 78 valence electrons. The average Bonchev–Trinajstić information content (AvgIpc) is 2.71. The third-order valence-corrected chi connectivity index (χ3v) is 3.63. The first-order valence-electron chi connectivity index (χ1n) is 5.67. The standard InChI is InChI=1S/C12H20N2/c1-9-12(10(2)14(3)13-9)8-11-6-4-5-7-11/h11H,4-8H2,1-3H3. The van der Waals surface area contributed by atoms with Crippen molar-refractivity contribution in [3.05, 3.63) is 17.0 Å². The summed E-state index contributed by atoms with van der Waals surface area (Å²) in [4.78, 5) is 0. The second-order valence-corrected chi connectivity index (χ2v) is 4.63. The first kappa shape index (κ1) is 9.75. The van der Waals surface area contributed by atoms with Crippen molar-refractivity contribution in [2.75, 3.05) is 0 Å². The van der Waals surface area contributed by atoms with Gasteiger partial charge in [0.1, 0.15) is 0 Å². The van der Waals surface area contributed by atoms with Gasteiger partial charge in [-0.15, -0.1) is 0 Å². The number of aromatic nitrogens is 2. The van der Waals surface area contributed by atoms with Gasteiger partial charge in [-0.1, -0.05) is 25.7 Å². The van der Waals surface area contributed by atoms with Crippen molar-refractivity contribution in [2.45, 2.75) is 46.0 Å². The lowest BCUT2D eigenvalue weighted by molar-refractivity contribution is 0.543. The molecule has 1 saturated carbocycles. The fourth-order valence-electron chi connectivity index (χ4n) is 2.62. The predicted molar refractivity (Wildman–Crippen MR) is 58.3 cm³/mol. The van der Waals surface area contributed by atoms with Crippen LogP contribution in [0.1, 0.15) is 42.6 Å². The average molecular weight is 192 g/mol. The Morgan fingerprint density at radius 3 is 2.43 bits per heavy atom. The summed E-state index contributed by atoms with van der Waals surface area (Å²) in [5.41, 5.74) is 4.09. The molecule has 0 amide bonds. The van der Waals surface area contributed by atoms with E-state index in [1.807, 2.05) is 11.7 Å². The minimum Gasteiger partial charge on any atom is -0.272 e. The van der Waals surface area contributed by atoms with Crippen molar-refractivity contribution in [1.82, 2.24) is 9.78 Å². The smallest absolute Gasteiger partial charge is 0.0628 e. The molecule has 0 aromatic carbocycles. The third kappa shape index (κ3) is 1.70. The molecule has 2 rings (SSSR count). The fourth-order valence-corrected chi connectivity index (χ4v) is 2.62. The van der Waals surface area contributed by atoms with Crippen LogP contribution in [0.15, 0.2) is 0 Å². The molecule has 0 N–H and O–H groups in total. The number of hydrogen-bond acceptors (Lipinski definition) is 1. The molecule has 0 radical (unpaired) electrons. The Balaban J connectivity index is 2.14. The lowest BCUT2D eigenvalue weighted by Crippen LogP contribution is -2.01. The Kier molecular flexibility index (Phi) is 2.62. The Morgan fingerprint density at radius 1 is 1.29 bits per heavy atom. The largest absolute Gasteiger partial charge is 0.272 e. The van der Waals surface area contributed by atoms with Gasteiger partial charge in [0, 0.05) is 12.7 Å². The van der Waals surface area contributed by atoms with Gasteiger partial charge in [0.2, 0.25) is 0 Å². The summed E-state index contributed by atoms with van der Waals surface area (Å²) in [6.45, 7) is 4.32. The molecule has 1 aliphatic carbocycles. The normalized spacial score (nSPS) is 17.9. The molecule has 2 nitrogen and oxygen atoms in total. The summed E-state index contributed by atoms with van der Waals surface area (Å²) in [5.74, 6) is 0.927. The van der Waals surface area contributed by atoms with E-state index in [9.17, 15) is 0 Å². The predicted octanol–water partition coefficient (Wildman–Crippen LogP) is 2.77. The van der Waals surface area contributed by atoms with Gasteiger partial charge in [0.05, 0.1) is 5.69 Å². The van der Waals surface area contributed by atoms with Crippen molar-refractivity contribution in [3.63, 3.8) is 0 Å². The van der Waals surface area contributed by atoms with Crippen molar-refractivity contribution in [3.8, 4) is 0 Å². The zero-order chi connectivity index (χ0) is 10.1. The van der Waals surface area contributed by atoms with Crippen LogP contribution in [-0.2, 0) is 13.5 Å². The van der Waals surface area contributed by atoms with E-state index in [1.54, 1.807) is 0 Å². The van der Waals surface area contributed by atoms with Crippen LogP contribution in [0.5, 0.6) is 0 Å². The Labute approximate surface area is 86.3 Å². The van der Waals surface area contributed by atoms with Gasteiger partial charge in [0.25, 0.3) is 0 Å². The van der Waals surface area contributed by atoms with Gasteiger partial charge < -0.3 is 0 Å². The van der Waals surface area contributed by atoms with Crippen LogP contribution in [-0.4, -0.2) is 9.78 Å². The van der Waals surface area contributed by atoms with Crippen molar-refractivity contribution in [1.29, 1.82) is 0 Å². The van der Waals surface area contributed by atoms with Crippen LogP contribution in [0, 0.1) is 19.8 Å². The van der Waals surface area contributed by atoms with Crippen LogP contribution in [0.4, 0.5) is 0 Å². The van der Waals surface area contributed by atoms with Crippen molar-refractivity contribution >= 4 is 0 Å². The molecule has 14 heavy (non-hydrogen) atoms. The maximum atomic E-state index is 4.47. The zero-order valence-electron chi connectivity index (χ0n) is 9.51. The Morgan fingerprint density at radius 2 is 1.93 bits per heavy atom. The third-order valence-electron chi connectivity index (χ3n) is 3.63. The van der Waals surface area contributed by atoms with Gasteiger partial charge in [-0.3, -0.25) is 4.68 Å². The number of aryl methyl sites for hydroxylation is 2. The highest BCUT2D eigenvalue weighted by Gasteiger charge is 2.19. The molecule has 1 aliphatic rings. The monoisotopic (exact) mass is 192 g/mol. The zero-order valence-corrected chi connectivity index (χ0v) is 9.51. The van der Waals surface area contributed by atoms with Crippen LogP contribution in [0.25, 0.3) is 0 Å². The topological polar surface area (TPSA) is 17.8 Å². The van der Waals surface area contributed by atoms with E-state index in [0.717, 1.165) is 5.92 Å². The van der Waals surface area contributed by atoms with E-state index >= 15 is 0 Å². The molecule has 0 spiro atoms. The maximum absolute atomic E-state index is 4.47. The van der Waals surface area contributed by atoms with E-state index in [1.165, 1.54) is 49.1 Å². The highest BCUT2D eigenvalue weighted by molar-refractivity contribution is 5.24. The fraction of sp³-hybridized carbons (Fsp3) is 0.750. The molecule has 0 bridgehead atoms. The molecule has 0 atom stereocenters. The summed E-state index contributed by atoms with van der Waals surface area (Å²) >= 11 is 0. The molecule has 1 aromatic rings. The molecule has 1 aromatic heterocycles. The summed E-state index contributed by atoms with van der Waals surface area (Å²) in [6.07, 6.45) is 6.97. The van der Waals surface area contributed by atoms with Crippen LogP contribution < -0.4 is 0 Å². The summed E-state index contributed by atoms with van der Waals surface area (Å²) < 4.78 is 2.01. The molecule has 0 unspecified atom stereocenters. The number of nitrogens with zero attached hydrogens (tertiary/aromatic N) is 2. The molecule has 1 heterocycles. The first-order valence-corrected chi connectivity index (χ1v) is 5.67. The quantitative estimate of drug-likeness (QED) is 0.704. The lowest BCUT2D eigenvalue weighted by atomic mass is 9.97. The molecule has 2 heteroatoms. The van der Waals surface area contributed by atoms with Crippen LogP contribution >= 0.6 is 0 Å². The minimum absolute atomic E-state index is 0.927. The van der Waals surface area contributed by atoms with E-state index in [-0.39, 0.29) is 0 Å². The van der Waals surface area contributed by atoms with Crippen molar-refractivity contribution in [2.24, 2.45) is 13.0 Å². The van der Waals surface area contributed by atoms with E-state index in [2.05, 4.69) is 18.9 Å². The van der Waals surface area contributed by atoms with Gasteiger partial charge in [-0.25, -0.2) is 0 Å². The Hall–Kier alpha value is -0.790. The summed E-state index contributed by atoms with van der Waals surface area (Å²) in [5, 5.41) is 4.47. The maximum Gasteiger partial charge on any atom is 0.0628 e.